The van der Waals surface area contributed by atoms with Gasteiger partial charge in [0.2, 0.25) is 0 Å². The largest absolute Gasteiger partial charge is 0.395 e. The van der Waals surface area contributed by atoms with Crippen LogP contribution in [-0.4, -0.2) is 32.4 Å². The summed E-state index contributed by atoms with van der Waals surface area (Å²) in [5, 5.41) is 11.8. The highest BCUT2D eigenvalue weighted by atomic mass is 16.3. The van der Waals surface area contributed by atoms with E-state index < -0.39 is 0 Å². The van der Waals surface area contributed by atoms with Crippen LogP contribution >= 0.6 is 0 Å². The first-order chi connectivity index (χ1) is 6.75. The maximum atomic E-state index is 8.65. The lowest BCUT2D eigenvalue weighted by Crippen LogP contribution is -2.20. The van der Waals surface area contributed by atoms with Gasteiger partial charge < -0.3 is 15.3 Å². The summed E-state index contributed by atoms with van der Waals surface area (Å²) in [6.45, 7) is 1.63. The normalized spacial score (nSPS) is 10.2. The van der Waals surface area contributed by atoms with Crippen LogP contribution in [0.25, 0.3) is 0 Å². The van der Waals surface area contributed by atoms with Crippen LogP contribution in [0.4, 0.5) is 5.69 Å². The van der Waals surface area contributed by atoms with Crippen molar-refractivity contribution in [1.29, 1.82) is 0 Å². The van der Waals surface area contributed by atoms with Gasteiger partial charge in [-0.05, 0) is 11.6 Å². The molecule has 1 aromatic rings. The Bertz CT molecular complexity index is 274. The Balaban J connectivity index is 2.64. The zero-order valence-electron chi connectivity index (χ0n) is 8.83. The smallest absolute Gasteiger partial charge is 0.0556 e. The van der Waals surface area contributed by atoms with E-state index in [1.807, 2.05) is 26.2 Å². The number of nitrogens with one attached hydrogen (secondary N) is 1. The quantitative estimate of drug-likeness (QED) is 0.682. The minimum absolute atomic E-state index is 0.185. The second-order valence-electron chi connectivity index (χ2n) is 3.42. The van der Waals surface area contributed by atoms with Crippen LogP contribution in [0.2, 0.25) is 0 Å². The van der Waals surface area contributed by atoms with Crippen molar-refractivity contribution in [2.24, 2.45) is 0 Å². The van der Waals surface area contributed by atoms with E-state index in [2.05, 4.69) is 22.3 Å². The molecule has 0 bridgehead atoms. The lowest BCUT2D eigenvalue weighted by molar-refractivity contribution is 0.292. The molecule has 0 spiro atoms. The van der Waals surface area contributed by atoms with Crippen LogP contribution in [0.1, 0.15) is 5.56 Å². The summed E-state index contributed by atoms with van der Waals surface area (Å²) in [5.41, 5.74) is 2.48. The molecule has 1 aromatic carbocycles. The molecule has 0 amide bonds. The average Bonchev–Trinajstić information content (AvgIpc) is 2.19. The van der Waals surface area contributed by atoms with Gasteiger partial charge in [-0.3, -0.25) is 0 Å². The van der Waals surface area contributed by atoms with Gasteiger partial charge in [0.05, 0.1) is 6.61 Å². The van der Waals surface area contributed by atoms with Crippen molar-refractivity contribution in [2.45, 2.75) is 6.54 Å². The number of hydrogen-bond donors (Lipinski definition) is 2. The molecule has 0 aliphatic heterocycles. The Morgan fingerprint density at radius 3 is 2.64 bits per heavy atom. The van der Waals surface area contributed by atoms with Crippen LogP contribution in [-0.2, 0) is 6.54 Å². The number of aliphatic hydroxyl groups excluding tert-OH is 1. The molecule has 1 rings (SSSR count). The maximum absolute atomic E-state index is 8.65. The van der Waals surface area contributed by atoms with E-state index in [-0.39, 0.29) is 6.61 Å². The first-order valence-electron chi connectivity index (χ1n) is 4.82. The predicted molar refractivity (Wildman–Crippen MR) is 59.6 cm³/mol. The Kier molecular flexibility index (Phi) is 4.43. The molecule has 0 heterocycles. The zero-order chi connectivity index (χ0) is 10.4. The predicted octanol–water partition coefficient (Wildman–Crippen LogP) is 0.834. The number of benzene rings is 1. The molecule has 3 nitrogen and oxygen atoms in total. The van der Waals surface area contributed by atoms with Crippen molar-refractivity contribution >= 4 is 5.69 Å². The molecule has 0 unspecified atom stereocenters. The molecule has 0 saturated carbocycles. The number of rotatable bonds is 5. The molecule has 3 heteroatoms. The van der Waals surface area contributed by atoms with Crippen molar-refractivity contribution < 1.29 is 5.11 Å². The number of para-hydroxylation sites is 1. The van der Waals surface area contributed by atoms with E-state index in [9.17, 15) is 0 Å². The van der Waals surface area contributed by atoms with E-state index in [0.29, 0.717) is 6.54 Å². The molecule has 0 radical (unpaired) electrons. The van der Waals surface area contributed by atoms with Gasteiger partial charge in [-0.1, -0.05) is 18.2 Å². The zero-order valence-corrected chi connectivity index (χ0v) is 8.83. The van der Waals surface area contributed by atoms with Gasteiger partial charge in [-0.25, -0.2) is 0 Å². The SMILES string of the molecule is CN(C)c1ccccc1CNCCO. The third-order valence-corrected chi connectivity index (χ3v) is 2.08. The summed E-state index contributed by atoms with van der Waals surface area (Å²) >= 11 is 0. The Hall–Kier alpha value is -1.06. The van der Waals surface area contributed by atoms with Crippen LogP contribution in [0.3, 0.4) is 0 Å². The monoisotopic (exact) mass is 194 g/mol. The lowest BCUT2D eigenvalue weighted by Gasteiger charge is -2.17. The van der Waals surface area contributed by atoms with Crippen LogP contribution in [0, 0.1) is 0 Å². The van der Waals surface area contributed by atoms with Crippen LogP contribution < -0.4 is 10.2 Å². The highest BCUT2D eigenvalue weighted by molar-refractivity contribution is 5.52. The van der Waals surface area contributed by atoms with E-state index in [1.54, 1.807) is 0 Å². The second kappa shape index (κ2) is 5.62. The molecular weight excluding hydrogens is 176 g/mol. The number of nitrogens with zero attached hydrogens (tertiary/aromatic N) is 1. The number of aliphatic hydroxyl groups is 1. The third kappa shape index (κ3) is 3.01. The molecule has 0 saturated heterocycles. The van der Waals surface area contributed by atoms with Crippen LogP contribution in [0.5, 0.6) is 0 Å². The fourth-order valence-corrected chi connectivity index (χ4v) is 1.40. The van der Waals surface area contributed by atoms with Gasteiger partial charge in [0.25, 0.3) is 0 Å². The van der Waals surface area contributed by atoms with Gasteiger partial charge in [0.1, 0.15) is 0 Å². The molecule has 2 N–H and O–H groups in total. The summed E-state index contributed by atoms with van der Waals surface area (Å²) in [5.74, 6) is 0. The highest BCUT2D eigenvalue weighted by Crippen LogP contribution is 2.17. The van der Waals surface area contributed by atoms with Crippen molar-refractivity contribution in [3.8, 4) is 0 Å². The Labute approximate surface area is 85.4 Å². The number of anilines is 1. The number of hydrogen-bond acceptors (Lipinski definition) is 3. The molecule has 0 aromatic heterocycles. The van der Waals surface area contributed by atoms with Crippen LogP contribution in [0.15, 0.2) is 24.3 Å². The van der Waals surface area contributed by atoms with Crippen molar-refractivity contribution in [3.63, 3.8) is 0 Å². The van der Waals surface area contributed by atoms with E-state index in [0.717, 1.165) is 6.54 Å². The average molecular weight is 194 g/mol. The summed E-state index contributed by atoms with van der Waals surface area (Å²) in [6.07, 6.45) is 0. The van der Waals surface area contributed by atoms with Gasteiger partial charge in [0.15, 0.2) is 0 Å². The summed E-state index contributed by atoms with van der Waals surface area (Å²) in [7, 11) is 4.07. The highest BCUT2D eigenvalue weighted by Gasteiger charge is 2.01. The third-order valence-electron chi connectivity index (χ3n) is 2.08. The first kappa shape index (κ1) is 11.0. The summed E-state index contributed by atoms with van der Waals surface area (Å²) < 4.78 is 0. The standard InChI is InChI=1S/C11H18N2O/c1-13(2)11-6-4-3-5-10(11)9-12-7-8-14/h3-6,12,14H,7-9H2,1-2H3. The fourth-order valence-electron chi connectivity index (χ4n) is 1.40. The molecular formula is C11H18N2O. The topological polar surface area (TPSA) is 35.5 Å². The molecule has 0 atom stereocenters. The van der Waals surface area contributed by atoms with Gasteiger partial charge in [0, 0.05) is 32.9 Å². The summed E-state index contributed by atoms with van der Waals surface area (Å²) in [4.78, 5) is 2.09. The second-order valence-corrected chi connectivity index (χ2v) is 3.42. The van der Waals surface area contributed by atoms with E-state index >= 15 is 0 Å². The van der Waals surface area contributed by atoms with Gasteiger partial charge >= 0.3 is 0 Å². The molecule has 0 fully saturated rings. The molecule has 0 aliphatic rings. The van der Waals surface area contributed by atoms with Crippen molar-refractivity contribution in [1.82, 2.24) is 5.32 Å². The molecule has 78 valence electrons. The Morgan fingerprint density at radius 1 is 1.29 bits per heavy atom. The lowest BCUT2D eigenvalue weighted by atomic mass is 10.1. The fraction of sp³-hybridized carbons (Fsp3) is 0.455. The maximum Gasteiger partial charge on any atom is 0.0556 e. The van der Waals surface area contributed by atoms with E-state index in [4.69, 9.17) is 5.11 Å². The Morgan fingerprint density at radius 2 is 2.00 bits per heavy atom. The minimum Gasteiger partial charge on any atom is -0.395 e. The van der Waals surface area contributed by atoms with Crippen molar-refractivity contribution in [3.05, 3.63) is 29.8 Å². The van der Waals surface area contributed by atoms with Crippen molar-refractivity contribution in [2.75, 3.05) is 32.1 Å². The van der Waals surface area contributed by atoms with Gasteiger partial charge in [-0.15, -0.1) is 0 Å². The minimum atomic E-state index is 0.185. The van der Waals surface area contributed by atoms with E-state index in [1.165, 1.54) is 11.3 Å². The molecule has 0 aliphatic carbocycles. The first-order valence-corrected chi connectivity index (χ1v) is 4.82. The van der Waals surface area contributed by atoms with Gasteiger partial charge in [-0.2, -0.15) is 0 Å². The summed E-state index contributed by atoms with van der Waals surface area (Å²) in [6, 6.07) is 8.25. The molecule has 14 heavy (non-hydrogen) atoms.